The smallest absolute Gasteiger partial charge is 0.119 e. The fourth-order valence-corrected chi connectivity index (χ4v) is 3.89. The topological polar surface area (TPSA) is 0 Å². The second-order valence-electron chi connectivity index (χ2n) is 3.15. The van der Waals surface area contributed by atoms with E-state index in [0.29, 0.717) is 0 Å². The van der Waals surface area contributed by atoms with Crippen LogP contribution in [-0.2, 0) is 11.8 Å². The van der Waals surface area contributed by atoms with Crippen molar-refractivity contribution in [3.8, 4) is 0 Å². The highest BCUT2D eigenvalue weighted by atomic mass is 32.2. The highest BCUT2D eigenvalue weighted by Gasteiger charge is 2.22. The first kappa shape index (κ1) is 12.1. The maximum atomic E-state index is 2.21. The van der Waals surface area contributed by atoms with Crippen LogP contribution in [0.4, 0.5) is 0 Å². The first-order valence-electron chi connectivity index (χ1n) is 5.22. The van der Waals surface area contributed by atoms with Crippen LogP contribution in [0.3, 0.4) is 0 Å². The molecule has 0 aliphatic carbocycles. The summed E-state index contributed by atoms with van der Waals surface area (Å²) in [6.45, 7) is 0. The van der Waals surface area contributed by atoms with Crippen molar-refractivity contribution in [3.63, 3.8) is 0 Å². The maximum Gasteiger partial charge on any atom is 0.172 e. The number of hydrogen-bond acceptors (Lipinski definition) is 1. The summed E-state index contributed by atoms with van der Waals surface area (Å²) in [6.07, 6.45) is 0. The van der Waals surface area contributed by atoms with Crippen LogP contribution in [0.1, 0.15) is 0 Å². The highest BCUT2D eigenvalue weighted by molar-refractivity contribution is 8.00. The third-order valence-electron chi connectivity index (χ3n) is 2.19. The van der Waals surface area contributed by atoms with Crippen LogP contribution in [-0.4, -0.2) is 16.3 Å². The van der Waals surface area contributed by atoms with Crippen LogP contribution in [0.25, 0.3) is 0 Å². The molecule has 1 aliphatic rings. The van der Waals surface area contributed by atoms with E-state index in [9.17, 15) is 0 Å². The Bertz CT molecular complexity index is 395. The molecule has 0 unspecified atom stereocenters. The van der Waals surface area contributed by atoms with Gasteiger partial charge in [0.25, 0.3) is 0 Å². The summed E-state index contributed by atoms with van der Waals surface area (Å²) < 4.78 is 0. The van der Waals surface area contributed by atoms with Crippen LogP contribution in [0.5, 0.6) is 0 Å². The van der Waals surface area contributed by atoms with Crippen LogP contribution in [0, 0.1) is 0 Å². The Hall–Kier alpha value is -0.328. The average Bonchev–Trinajstić information content (AvgIpc) is 2.38. The van der Waals surface area contributed by atoms with Gasteiger partial charge in [-0.3, -0.25) is 0 Å². The number of benzene rings is 2. The van der Waals surface area contributed by atoms with Crippen molar-refractivity contribution in [3.05, 3.63) is 48.5 Å². The number of fused-ring (bicyclic) bond motifs is 2. The van der Waals surface area contributed by atoms with E-state index < -0.39 is 0 Å². The lowest BCUT2D eigenvalue weighted by molar-refractivity contribution is 1.15. The molecule has 0 nitrogen and oxygen atoms in total. The number of rotatable bonds is 0. The van der Waals surface area contributed by atoms with Crippen molar-refractivity contribution in [2.45, 2.75) is 25.4 Å². The third-order valence-corrected chi connectivity index (χ3v) is 4.91. The van der Waals surface area contributed by atoms with Gasteiger partial charge in [-0.05, 0) is 24.3 Å². The molecule has 1 radical (unpaired) electrons. The molecular formula is C13H13AlS2+. The summed E-state index contributed by atoms with van der Waals surface area (Å²) in [6, 6.07) is 17.2. The summed E-state index contributed by atoms with van der Waals surface area (Å²) in [5.41, 5.74) is 0. The quantitative estimate of drug-likeness (QED) is 0.339. The van der Waals surface area contributed by atoms with Gasteiger partial charge in [0.15, 0.2) is 26.1 Å². The Morgan fingerprint density at radius 1 is 0.812 bits per heavy atom. The molecule has 0 bridgehead atoms. The van der Waals surface area contributed by atoms with Crippen molar-refractivity contribution in [2.24, 2.45) is 0 Å². The van der Waals surface area contributed by atoms with E-state index in [2.05, 4.69) is 48.5 Å². The molecule has 3 rings (SSSR count). The van der Waals surface area contributed by atoms with E-state index in [1.807, 2.05) is 33.8 Å². The minimum atomic E-state index is 1.34. The Morgan fingerprint density at radius 3 is 1.75 bits per heavy atom. The Labute approximate surface area is 113 Å². The molecule has 3 heteroatoms. The van der Waals surface area contributed by atoms with E-state index in [4.69, 9.17) is 0 Å². The molecule has 0 N–H and O–H groups in total. The van der Waals surface area contributed by atoms with Gasteiger partial charge in [0.05, 0.1) is 9.79 Å². The van der Waals surface area contributed by atoms with Crippen molar-refractivity contribution in [1.82, 2.24) is 0 Å². The largest absolute Gasteiger partial charge is 0.172 e. The number of thiol groups is 1. The molecule has 2 aromatic rings. The van der Waals surface area contributed by atoms with Gasteiger partial charge in [0.2, 0.25) is 0 Å². The van der Waals surface area contributed by atoms with E-state index >= 15 is 0 Å². The first-order chi connectivity index (χ1) is 7.93. The zero-order valence-corrected chi connectivity index (χ0v) is 12.3. The summed E-state index contributed by atoms with van der Waals surface area (Å²) in [5, 5.41) is 0. The lowest BCUT2D eigenvalue weighted by atomic mass is 10.3. The lowest BCUT2D eigenvalue weighted by Crippen LogP contribution is -1.95. The molecule has 0 saturated heterocycles. The molecular weight excluding hydrogens is 247 g/mol. The van der Waals surface area contributed by atoms with E-state index in [-0.39, 0.29) is 0 Å². The van der Waals surface area contributed by atoms with E-state index in [1.165, 1.54) is 31.3 Å². The third kappa shape index (κ3) is 2.49. The minimum Gasteiger partial charge on any atom is -0.119 e. The van der Waals surface area contributed by atoms with Crippen LogP contribution >= 0.6 is 11.8 Å². The van der Waals surface area contributed by atoms with Crippen molar-refractivity contribution >= 4 is 39.8 Å². The molecule has 1 aliphatic heterocycles. The normalized spacial score (nSPS) is 11.8. The Kier molecular flexibility index (Phi) is 4.43. The maximum absolute atomic E-state index is 2.21. The molecule has 0 atom stereocenters. The fourth-order valence-electron chi connectivity index (χ4n) is 1.52. The van der Waals surface area contributed by atoms with Gasteiger partial charge >= 0.3 is 0 Å². The second-order valence-corrected chi connectivity index (χ2v) is 5.42. The van der Waals surface area contributed by atoms with Gasteiger partial charge in [-0.2, -0.15) is 0 Å². The van der Waals surface area contributed by atoms with Gasteiger partial charge in [-0.1, -0.05) is 36.0 Å². The summed E-state index contributed by atoms with van der Waals surface area (Å²) >= 11 is 5.08. The molecule has 0 spiro atoms. The molecule has 0 aromatic heterocycles. The summed E-state index contributed by atoms with van der Waals surface area (Å²) in [5.74, 6) is 2.03. The van der Waals surface area contributed by atoms with Gasteiger partial charge in [0.1, 0.15) is 0 Å². The lowest BCUT2D eigenvalue weighted by Gasteiger charge is -2.10. The summed E-state index contributed by atoms with van der Waals surface area (Å²) in [4.78, 5) is 5.65. The van der Waals surface area contributed by atoms with Crippen molar-refractivity contribution in [1.29, 1.82) is 0 Å². The highest BCUT2D eigenvalue weighted by Crippen LogP contribution is 2.40. The monoisotopic (exact) mass is 260 g/mol. The Morgan fingerprint density at radius 2 is 1.25 bits per heavy atom. The molecule has 1 heterocycles. The SMILES string of the molecule is [CH3][AlH].c1ccc2c(c1)Sc1ccccc1[SH+]2. The van der Waals surface area contributed by atoms with Gasteiger partial charge < -0.3 is 0 Å². The Balaban J connectivity index is 0.000000457. The van der Waals surface area contributed by atoms with Gasteiger partial charge in [-0.25, -0.2) is 0 Å². The molecule has 2 aromatic carbocycles. The minimum absolute atomic E-state index is 1.34. The summed E-state index contributed by atoms with van der Waals surface area (Å²) in [7, 11) is 0. The first-order valence-corrected chi connectivity index (χ1v) is 8.34. The van der Waals surface area contributed by atoms with Gasteiger partial charge in [-0.15, -0.1) is 5.79 Å². The van der Waals surface area contributed by atoms with Crippen LogP contribution in [0.15, 0.2) is 68.1 Å². The van der Waals surface area contributed by atoms with Crippen molar-refractivity contribution < 1.29 is 0 Å². The second kappa shape index (κ2) is 5.84. The van der Waals surface area contributed by atoms with Crippen LogP contribution in [0.2, 0.25) is 5.79 Å². The zero-order valence-electron chi connectivity index (χ0n) is 9.18. The van der Waals surface area contributed by atoms with Crippen molar-refractivity contribution in [2.75, 3.05) is 0 Å². The van der Waals surface area contributed by atoms with E-state index in [0.717, 1.165) is 0 Å². The van der Waals surface area contributed by atoms with Crippen LogP contribution < -0.4 is 0 Å². The molecule has 16 heavy (non-hydrogen) atoms. The molecule has 0 amide bonds. The molecule has 0 fully saturated rings. The zero-order chi connectivity index (χ0) is 11.4. The fraction of sp³-hybridized carbons (Fsp3) is 0.0769. The van der Waals surface area contributed by atoms with Gasteiger partial charge in [0, 0.05) is 11.8 Å². The number of hydrogen-bond donors (Lipinski definition) is 0. The standard InChI is InChI=1S/C12H8S2.CH3.Al.H/c1-2-6-10-9(5-1)13-11-7-3-4-8-12(11)14-10;;;/h1-8H;1H3;;/p+1. The average molecular weight is 260 g/mol. The molecule has 79 valence electrons. The predicted molar refractivity (Wildman–Crippen MR) is 75.3 cm³/mol. The molecule has 0 saturated carbocycles. The van der Waals surface area contributed by atoms with E-state index in [1.54, 1.807) is 0 Å². The predicted octanol–water partition coefficient (Wildman–Crippen LogP) is 3.32.